The molecule has 2 aromatic carbocycles. The maximum atomic E-state index is 13.1. The number of rotatable bonds is 16. The Balaban J connectivity index is 1.15. The molecule has 312 valence electrons. The summed E-state index contributed by atoms with van der Waals surface area (Å²) in [4.78, 5) is 74.9. The Morgan fingerprint density at radius 2 is 1.50 bits per heavy atom. The number of methoxy groups -OCH3 is 1. The first-order valence-corrected chi connectivity index (χ1v) is 18.5. The van der Waals surface area contributed by atoms with E-state index in [2.05, 4.69) is 46.9 Å². The van der Waals surface area contributed by atoms with Crippen molar-refractivity contribution in [1.82, 2.24) is 36.2 Å². The molecule has 1 aromatic heterocycles. The number of hydrogen-bond acceptors (Lipinski definition) is 13. The third-order valence-corrected chi connectivity index (χ3v) is 9.06. The molecule has 5 rings (SSSR count). The number of anilines is 3. The van der Waals surface area contributed by atoms with Gasteiger partial charge in [-0.05, 0) is 94.8 Å². The Bertz CT molecular complexity index is 1990. The summed E-state index contributed by atoms with van der Waals surface area (Å²) in [6, 6.07) is 11.1. The maximum Gasteiger partial charge on any atom is 0.422 e. The number of esters is 1. The number of ether oxygens (including phenoxy) is 3. The van der Waals surface area contributed by atoms with Crippen LogP contribution in [0.2, 0.25) is 5.02 Å². The molecule has 2 aliphatic carbocycles. The molecular weight excluding hydrogens is 791 g/mol. The number of halogens is 4. The zero-order valence-corrected chi connectivity index (χ0v) is 32.7. The lowest BCUT2D eigenvalue weighted by atomic mass is 10.1. The molecule has 1 heterocycles. The molecule has 0 radical (unpaired) electrons. The Kier molecular flexibility index (Phi) is 13.2. The monoisotopic (exact) mass is 833 g/mol. The normalized spacial score (nSPS) is 15.4. The summed E-state index contributed by atoms with van der Waals surface area (Å²) in [5, 5.41) is 16.7. The van der Waals surface area contributed by atoms with Crippen LogP contribution in [0.3, 0.4) is 0 Å². The summed E-state index contributed by atoms with van der Waals surface area (Å²) in [5.74, 6) is -3.61. The fourth-order valence-corrected chi connectivity index (χ4v) is 5.62. The van der Waals surface area contributed by atoms with Crippen molar-refractivity contribution in [2.45, 2.75) is 81.8 Å². The van der Waals surface area contributed by atoms with Crippen LogP contribution < -0.4 is 36.6 Å². The lowest BCUT2D eigenvalue weighted by molar-refractivity contribution is -0.154. The lowest BCUT2D eigenvalue weighted by Crippen LogP contribution is -2.50. The summed E-state index contributed by atoms with van der Waals surface area (Å²) >= 11 is 6.03. The van der Waals surface area contributed by atoms with Gasteiger partial charge in [0, 0.05) is 29.4 Å². The highest BCUT2D eigenvalue weighted by atomic mass is 35.5. The molecule has 0 spiro atoms. The summed E-state index contributed by atoms with van der Waals surface area (Å²) in [5.41, 5.74) is -0.643. The fourth-order valence-electron chi connectivity index (χ4n) is 5.50. The zero-order chi connectivity index (χ0) is 42.3. The van der Waals surface area contributed by atoms with Crippen molar-refractivity contribution in [3.8, 4) is 6.01 Å². The van der Waals surface area contributed by atoms with Gasteiger partial charge in [-0.2, -0.15) is 28.1 Å². The highest BCUT2D eigenvalue weighted by molar-refractivity contribution is 6.35. The van der Waals surface area contributed by atoms with E-state index in [1.807, 2.05) is 12.1 Å². The minimum absolute atomic E-state index is 0.00461. The number of carbonyl (C=O) groups is 5. The van der Waals surface area contributed by atoms with E-state index in [0.29, 0.717) is 36.4 Å². The molecule has 17 nitrogen and oxygen atoms in total. The second kappa shape index (κ2) is 17.7. The predicted octanol–water partition coefficient (Wildman–Crippen LogP) is 4.26. The van der Waals surface area contributed by atoms with Crippen molar-refractivity contribution in [3.63, 3.8) is 0 Å². The van der Waals surface area contributed by atoms with Crippen LogP contribution in [0, 0.1) is 0 Å². The van der Waals surface area contributed by atoms with Gasteiger partial charge in [0.25, 0.3) is 5.91 Å². The molecule has 58 heavy (non-hydrogen) atoms. The van der Waals surface area contributed by atoms with Gasteiger partial charge in [0.15, 0.2) is 6.61 Å². The van der Waals surface area contributed by atoms with E-state index in [1.54, 1.807) is 32.9 Å². The molecule has 0 unspecified atom stereocenters. The van der Waals surface area contributed by atoms with Crippen LogP contribution in [0.4, 0.5) is 35.5 Å². The lowest BCUT2D eigenvalue weighted by Gasteiger charge is -2.23. The van der Waals surface area contributed by atoms with E-state index in [9.17, 15) is 37.1 Å². The summed E-state index contributed by atoms with van der Waals surface area (Å²) in [6.07, 6.45) is -2.84. The first kappa shape index (κ1) is 43.2. The molecule has 2 aliphatic rings. The van der Waals surface area contributed by atoms with Gasteiger partial charge in [-0.15, -0.1) is 0 Å². The number of hydrogen-bond donors (Lipinski definition) is 6. The number of amides is 4. The minimum Gasteiger partial charge on any atom is -0.467 e. The largest absolute Gasteiger partial charge is 0.467 e. The van der Waals surface area contributed by atoms with Crippen molar-refractivity contribution in [1.29, 1.82) is 0 Å². The standard InChI is InChI=1S/C37H43ClF3N9O8/c1-34(2,3)58-33(55)50-35(14-15-35)19-43-28(53)27(52)42-18-13-25(29(54)56-4)45-26(51)21-5-11-24(12-6-21)44-30-46-31(48-32(47-30)57-20-37(39,40)41)49-36(16-17-36)22-7-9-23(38)10-8-22/h5-12,25H,13-20H2,1-4H3,(H,42,52)(H,43,53)(H,45,51)(H,50,55)(H2,44,46,47,48,49)/t25-/m1/s1. The van der Waals surface area contributed by atoms with E-state index in [0.717, 1.165) is 12.7 Å². The van der Waals surface area contributed by atoms with Crippen LogP contribution in [0.25, 0.3) is 0 Å². The van der Waals surface area contributed by atoms with Gasteiger partial charge in [-0.3, -0.25) is 14.4 Å². The van der Waals surface area contributed by atoms with Gasteiger partial charge >= 0.3 is 36.1 Å². The van der Waals surface area contributed by atoms with Crippen molar-refractivity contribution in [2.24, 2.45) is 0 Å². The van der Waals surface area contributed by atoms with E-state index < -0.39 is 71.3 Å². The molecule has 2 saturated carbocycles. The van der Waals surface area contributed by atoms with Crippen molar-refractivity contribution >= 4 is 59.0 Å². The molecule has 4 amide bonds. The van der Waals surface area contributed by atoms with Crippen LogP contribution in [0.1, 0.15) is 68.8 Å². The molecule has 1 atom stereocenters. The smallest absolute Gasteiger partial charge is 0.422 e. The topological polar surface area (TPSA) is 224 Å². The minimum atomic E-state index is -4.65. The molecular formula is C37H43ClF3N9O8. The van der Waals surface area contributed by atoms with Crippen molar-refractivity contribution in [3.05, 3.63) is 64.7 Å². The van der Waals surface area contributed by atoms with Gasteiger partial charge < -0.3 is 46.1 Å². The van der Waals surface area contributed by atoms with Gasteiger partial charge in [0.05, 0.1) is 18.2 Å². The van der Waals surface area contributed by atoms with Crippen LogP contribution in [0.15, 0.2) is 48.5 Å². The van der Waals surface area contributed by atoms with E-state index in [1.165, 1.54) is 24.3 Å². The van der Waals surface area contributed by atoms with Crippen LogP contribution in [0.5, 0.6) is 6.01 Å². The Labute approximate surface area is 335 Å². The fraction of sp³-hybridized carbons (Fsp3) is 0.459. The summed E-state index contributed by atoms with van der Waals surface area (Å²) in [6.45, 7) is 3.34. The second-order valence-electron chi connectivity index (χ2n) is 14.8. The molecule has 0 bridgehead atoms. The van der Waals surface area contributed by atoms with E-state index in [-0.39, 0.29) is 37.0 Å². The molecule has 0 aliphatic heterocycles. The molecule has 21 heteroatoms. The Hall–Kier alpha value is -5.92. The first-order valence-electron chi connectivity index (χ1n) is 18.1. The van der Waals surface area contributed by atoms with Gasteiger partial charge in [0.1, 0.15) is 11.6 Å². The van der Waals surface area contributed by atoms with Crippen molar-refractivity contribution < 1.29 is 51.4 Å². The number of alkyl carbamates (subject to hydrolysis) is 1. The third kappa shape index (κ3) is 12.8. The summed E-state index contributed by atoms with van der Waals surface area (Å²) in [7, 11) is 1.12. The van der Waals surface area contributed by atoms with E-state index in [4.69, 9.17) is 25.8 Å². The molecule has 6 N–H and O–H groups in total. The van der Waals surface area contributed by atoms with Crippen molar-refractivity contribution in [2.75, 3.05) is 37.4 Å². The maximum absolute atomic E-state index is 13.1. The average molecular weight is 834 g/mol. The van der Waals surface area contributed by atoms with Gasteiger partial charge in [0.2, 0.25) is 11.9 Å². The van der Waals surface area contributed by atoms with E-state index >= 15 is 0 Å². The van der Waals surface area contributed by atoms with Crippen LogP contribution in [-0.4, -0.2) is 94.9 Å². The van der Waals surface area contributed by atoms with Gasteiger partial charge in [-0.25, -0.2) is 9.59 Å². The zero-order valence-electron chi connectivity index (χ0n) is 32.0. The third-order valence-electron chi connectivity index (χ3n) is 8.80. The quantitative estimate of drug-likeness (QED) is 0.0878. The summed E-state index contributed by atoms with van der Waals surface area (Å²) < 4.78 is 53.8. The van der Waals surface area contributed by atoms with Crippen LogP contribution in [-0.2, 0) is 29.4 Å². The number of carbonyl (C=O) groups excluding carboxylic acids is 5. The Morgan fingerprint density at radius 1 is 0.862 bits per heavy atom. The van der Waals surface area contributed by atoms with Gasteiger partial charge in [-0.1, -0.05) is 23.7 Å². The average Bonchev–Trinajstić information content (AvgIpc) is 4.09. The SMILES string of the molecule is COC(=O)[C@@H](CCNC(=O)C(=O)NCC1(NC(=O)OC(C)(C)C)CC1)NC(=O)c1ccc(Nc2nc(NC3(c4ccc(Cl)cc4)CC3)nc(OCC(F)(F)F)n2)cc1. The number of nitrogens with zero attached hydrogens (tertiary/aromatic N) is 3. The predicted molar refractivity (Wildman–Crippen MR) is 202 cm³/mol. The second-order valence-corrected chi connectivity index (χ2v) is 15.2. The number of aromatic nitrogens is 3. The number of benzene rings is 2. The highest BCUT2D eigenvalue weighted by Crippen LogP contribution is 2.48. The number of nitrogens with one attached hydrogen (secondary N) is 6. The molecule has 0 saturated heterocycles. The first-order chi connectivity index (χ1) is 27.3. The number of alkyl halides is 3. The Morgan fingerprint density at radius 3 is 2.09 bits per heavy atom. The molecule has 2 fully saturated rings. The van der Waals surface area contributed by atoms with Crippen LogP contribution >= 0.6 is 11.6 Å². The highest BCUT2D eigenvalue weighted by Gasteiger charge is 2.46. The molecule has 3 aromatic rings.